The molecule has 1 fully saturated rings. The molecule has 0 spiro atoms. The number of methoxy groups -OCH3 is 2. The Hall–Kier alpha value is -1.10. The summed E-state index contributed by atoms with van der Waals surface area (Å²) in [6.07, 6.45) is 1.43. The first kappa shape index (κ1) is 15.0. The van der Waals surface area contributed by atoms with E-state index in [1.807, 2.05) is 6.92 Å². The second kappa shape index (κ2) is 6.73. The van der Waals surface area contributed by atoms with E-state index in [2.05, 4.69) is 11.7 Å². The molecular weight excluding hydrogens is 234 g/mol. The van der Waals surface area contributed by atoms with Gasteiger partial charge in [-0.3, -0.25) is 9.59 Å². The van der Waals surface area contributed by atoms with Crippen LogP contribution in [0, 0.1) is 11.8 Å². The number of nitrogens with zero attached hydrogens (tertiary/aromatic N) is 1. The van der Waals surface area contributed by atoms with Crippen LogP contribution in [-0.4, -0.2) is 50.2 Å². The molecule has 1 heterocycles. The average Bonchev–Trinajstić information content (AvgIpc) is 2.39. The van der Waals surface area contributed by atoms with Crippen molar-refractivity contribution in [1.29, 1.82) is 0 Å². The molecule has 5 heteroatoms. The number of carbonyl (C=O) groups is 2. The van der Waals surface area contributed by atoms with E-state index in [0.717, 1.165) is 6.42 Å². The number of rotatable bonds is 4. The molecule has 0 N–H and O–H groups in total. The van der Waals surface area contributed by atoms with Crippen LogP contribution in [0.3, 0.4) is 0 Å². The van der Waals surface area contributed by atoms with Crippen molar-refractivity contribution in [3.05, 3.63) is 0 Å². The second-order valence-corrected chi connectivity index (χ2v) is 4.81. The van der Waals surface area contributed by atoms with Gasteiger partial charge in [-0.1, -0.05) is 13.8 Å². The lowest BCUT2D eigenvalue weighted by atomic mass is 9.94. The van der Waals surface area contributed by atoms with Crippen LogP contribution in [-0.2, 0) is 19.1 Å². The SMILES string of the molecule is CCC(C(=O)OC)C(=O)N1CCC(C)C(OC)C1. The smallest absolute Gasteiger partial charge is 0.318 e. The summed E-state index contributed by atoms with van der Waals surface area (Å²) in [6, 6.07) is 0. The van der Waals surface area contributed by atoms with Crippen LogP contribution in [0.5, 0.6) is 0 Å². The predicted molar refractivity (Wildman–Crippen MR) is 67.0 cm³/mol. The highest BCUT2D eigenvalue weighted by molar-refractivity contribution is 5.97. The zero-order valence-corrected chi connectivity index (χ0v) is 11.6. The fourth-order valence-corrected chi connectivity index (χ4v) is 2.35. The van der Waals surface area contributed by atoms with Crippen LogP contribution in [0.4, 0.5) is 0 Å². The quantitative estimate of drug-likeness (QED) is 0.558. The van der Waals surface area contributed by atoms with Gasteiger partial charge in [-0.05, 0) is 18.8 Å². The molecule has 1 saturated heterocycles. The first-order valence-electron chi connectivity index (χ1n) is 6.44. The van der Waals surface area contributed by atoms with Gasteiger partial charge in [0.1, 0.15) is 5.92 Å². The van der Waals surface area contributed by atoms with Gasteiger partial charge < -0.3 is 14.4 Å². The molecule has 1 rings (SSSR count). The average molecular weight is 257 g/mol. The zero-order chi connectivity index (χ0) is 13.7. The number of esters is 1. The van der Waals surface area contributed by atoms with Crippen molar-refractivity contribution >= 4 is 11.9 Å². The van der Waals surface area contributed by atoms with E-state index in [1.165, 1.54) is 7.11 Å². The third-order valence-electron chi connectivity index (χ3n) is 3.70. The van der Waals surface area contributed by atoms with Crippen molar-refractivity contribution in [1.82, 2.24) is 4.90 Å². The normalized spacial score (nSPS) is 25.7. The molecule has 0 radical (unpaired) electrons. The lowest BCUT2D eigenvalue weighted by Crippen LogP contribution is -2.49. The number of hydrogen-bond donors (Lipinski definition) is 0. The number of carbonyl (C=O) groups excluding carboxylic acids is 2. The largest absolute Gasteiger partial charge is 0.468 e. The third-order valence-corrected chi connectivity index (χ3v) is 3.70. The summed E-state index contributed by atoms with van der Waals surface area (Å²) >= 11 is 0. The monoisotopic (exact) mass is 257 g/mol. The maximum absolute atomic E-state index is 12.3. The maximum Gasteiger partial charge on any atom is 0.318 e. The summed E-state index contributed by atoms with van der Waals surface area (Å²) in [5.74, 6) is -0.827. The van der Waals surface area contributed by atoms with E-state index in [9.17, 15) is 9.59 Å². The molecule has 1 aliphatic rings. The first-order chi connectivity index (χ1) is 8.54. The van der Waals surface area contributed by atoms with Gasteiger partial charge in [0.25, 0.3) is 0 Å². The summed E-state index contributed by atoms with van der Waals surface area (Å²) in [7, 11) is 2.97. The predicted octanol–water partition coefficient (Wildman–Crippen LogP) is 1.07. The Balaban J connectivity index is 2.68. The molecule has 0 aromatic rings. The molecule has 3 unspecified atom stereocenters. The standard InChI is InChI=1S/C13H23NO4/c1-5-10(13(16)18-4)12(15)14-7-6-9(2)11(8-14)17-3/h9-11H,5-8H2,1-4H3. The molecular formula is C13H23NO4. The number of likely N-dealkylation sites (tertiary alicyclic amines) is 1. The van der Waals surface area contributed by atoms with Crippen molar-refractivity contribution in [3.8, 4) is 0 Å². The van der Waals surface area contributed by atoms with Crippen molar-refractivity contribution in [3.63, 3.8) is 0 Å². The second-order valence-electron chi connectivity index (χ2n) is 4.81. The Kier molecular flexibility index (Phi) is 5.59. The van der Waals surface area contributed by atoms with Gasteiger partial charge in [-0.15, -0.1) is 0 Å². The summed E-state index contributed by atoms with van der Waals surface area (Å²) in [5, 5.41) is 0. The lowest BCUT2D eigenvalue weighted by molar-refractivity contribution is -0.156. The third kappa shape index (κ3) is 3.22. The van der Waals surface area contributed by atoms with Gasteiger partial charge in [-0.2, -0.15) is 0 Å². The molecule has 18 heavy (non-hydrogen) atoms. The Morgan fingerprint density at radius 3 is 2.56 bits per heavy atom. The van der Waals surface area contributed by atoms with Crippen LogP contribution in [0.15, 0.2) is 0 Å². The molecule has 3 atom stereocenters. The first-order valence-corrected chi connectivity index (χ1v) is 6.44. The molecule has 1 aliphatic heterocycles. The van der Waals surface area contributed by atoms with Crippen molar-refractivity contribution in [2.24, 2.45) is 11.8 Å². The summed E-state index contributed by atoms with van der Waals surface area (Å²) in [6.45, 7) is 5.19. The molecule has 104 valence electrons. The zero-order valence-electron chi connectivity index (χ0n) is 11.6. The minimum atomic E-state index is -0.680. The fraction of sp³-hybridized carbons (Fsp3) is 0.846. The van der Waals surface area contributed by atoms with Crippen LogP contribution >= 0.6 is 0 Å². The van der Waals surface area contributed by atoms with Crippen LogP contribution in [0.2, 0.25) is 0 Å². The molecule has 0 saturated carbocycles. The highest BCUT2D eigenvalue weighted by Gasteiger charge is 2.34. The van der Waals surface area contributed by atoms with E-state index in [-0.39, 0.29) is 12.0 Å². The van der Waals surface area contributed by atoms with E-state index in [1.54, 1.807) is 12.0 Å². The van der Waals surface area contributed by atoms with Gasteiger partial charge >= 0.3 is 5.97 Å². The number of ether oxygens (including phenoxy) is 2. The molecule has 0 bridgehead atoms. The van der Waals surface area contributed by atoms with Crippen molar-refractivity contribution < 1.29 is 19.1 Å². The summed E-state index contributed by atoms with van der Waals surface area (Å²) in [4.78, 5) is 25.5. The highest BCUT2D eigenvalue weighted by Crippen LogP contribution is 2.22. The summed E-state index contributed by atoms with van der Waals surface area (Å²) < 4.78 is 10.0. The molecule has 0 aliphatic carbocycles. The molecule has 0 aromatic heterocycles. The van der Waals surface area contributed by atoms with Gasteiger partial charge in [0, 0.05) is 20.2 Å². The number of piperidine rings is 1. The molecule has 1 amide bonds. The Morgan fingerprint density at radius 1 is 1.39 bits per heavy atom. The fourth-order valence-electron chi connectivity index (χ4n) is 2.35. The Labute approximate surface area is 108 Å². The molecule has 5 nitrogen and oxygen atoms in total. The van der Waals surface area contributed by atoms with Crippen LogP contribution in [0.25, 0.3) is 0 Å². The molecule has 0 aromatic carbocycles. The maximum atomic E-state index is 12.3. The van der Waals surface area contributed by atoms with Gasteiger partial charge in [-0.25, -0.2) is 0 Å². The van der Waals surface area contributed by atoms with E-state index < -0.39 is 11.9 Å². The van der Waals surface area contributed by atoms with Crippen molar-refractivity contribution in [2.75, 3.05) is 27.3 Å². The van der Waals surface area contributed by atoms with Crippen LogP contribution in [0.1, 0.15) is 26.7 Å². The number of amides is 1. The Morgan fingerprint density at radius 2 is 2.06 bits per heavy atom. The topological polar surface area (TPSA) is 55.8 Å². The van der Waals surface area contributed by atoms with Gasteiger partial charge in [0.15, 0.2) is 0 Å². The number of hydrogen-bond acceptors (Lipinski definition) is 4. The van der Waals surface area contributed by atoms with E-state index in [4.69, 9.17) is 4.74 Å². The summed E-state index contributed by atoms with van der Waals surface area (Å²) in [5.41, 5.74) is 0. The van der Waals surface area contributed by atoms with E-state index >= 15 is 0 Å². The van der Waals surface area contributed by atoms with Gasteiger partial charge in [0.05, 0.1) is 13.2 Å². The minimum absolute atomic E-state index is 0.0536. The van der Waals surface area contributed by atoms with Gasteiger partial charge in [0.2, 0.25) is 5.91 Å². The lowest BCUT2D eigenvalue weighted by Gasteiger charge is -2.37. The highest BCUT2D eigenvalue weighted by atomic mass is 16.5. The minimum Gasteiger partial charge on any atom is -0.468 e. The van der Waals surface area contributed by atoms with Crippen molar-refractivity contribution in [2.45, 2.75) is 32.8 Å². The van der Waals surface area contributed by atoms with E-state index in [0.29, 0.717) is 25.4 Å². The van der Waals surface area contributed by atoms with Crippen LogP contribution < -0.4 is 0 Å². The Bertz CT molecular complexity index is 305.